The Labute approximate surface area is 203 Å². The first kappa shape index (κ1) is 23.3. The van der Waals surface area contributed by atoms with Gasteiger partial charge < -0.3 is 19.5 Å². The van der Waals surface area contributed by atoms with Crippen molar-refractivity contribution in [1.29, 1.82) is 0 Å². The van der Waals surface area contributed by atoms with Crippen molar-refractivity contribution in [2.24, 2.45) is 4.99 Å². The van der Waals surface area contributed by atoms with Gasteiger partial charge >= 0.3 is 0 Å². The van der Waals surface area contributed by atoms with E-state index >= 15 is 0 Å². The first-order valence-electron chi connectivity index (χ1n) is 9.97. The summed E-state index contributed by atoms with van der Waals surface area (Å²) in [5, 5.41) is 8.03. The largest absolute Gasteiger partial charge is 0.490 e. The zero-order valence-corrected chi connectivity index (χ0v) is 20.3. The molecular formula is C22H25ClIN5O2. The highest BCUT2D eigenvalue weighted by Crippen LogP contribution is 2.20. The number of guanidine groups is 1. The Morgan fingerprint density at radius 3 is 2.55 bits per heavy atom. The molecule has 164 valence electrons. The molecule has 1 aliphatic heterocycles. The first-order valence-corrected chi connectivity index (χ1v) is 10.3. The molecule has 0 spiro atoms. The molecule has 2 aromatic carbocycles. The number of rotatable bonds is 5. The molecule has 1 saturated heterocycles. The number of benzene rings is 2. The van der Waals surface area contributed by atoms with E-state index in [-0.39, 0.29) is 30.1 Å². The van der Waals surface area contributed by atoms with E-state index in [1.807, 2.05) is 42.5 Å². The Bertz CT molecular complexity index is 973. The fourth-order valence-corrected chi connectivity index (χ4v) is 3.53. The maximum atomic E-state index is 6.07. The van der Waals surface area contributed by atoms with E-state index in [1.54, 1.807) is 19.2 Å². The molecule has 0 aliphatic carbocycles. The second-order valence-corrected chi connectivity index (χ2v) is 7.47. The zero-order valence-electron chi connectivity index (χ0n) is 17.2. The summed E-state index contributed by atoms with van der Waals surface area (Å²) in [6, 6.07) is 17.3. The van der Waals surface area contributed by atoms with Crippen molar-refractivity contribution in [1.82, 2.24) is 20.4 Å². The number of hydrogen-bond acceptors (Lipinski definition) is 5. The highest BCUT2D eigenvalue weighted by atomic mass is 127. The summed E-state index contributed by atoms with van der Waals surface area (Å²) in [4.78, 5) is 11.1. The van der Waals surface area contributed by atoms with Crippen molar-refractivity contribution in [2.75, 3.05) is 20.1 Å². The standard InChI is InChI=1S/C22H24ClN5O2.HI/c1-24-22(28-13-11-19(12-14-28)29-18-5-3-2-4-6-18)25-15-20-26-21(27-30-20)16-7-9-17(23)10-8-16;/h2-10,19H,11-15H2,1H3,(H,24,25);1H. The molecule has 0 amide bonds. The number of likely N-dealkylation sites (tertiary alicyclic amines) is 1. The van der Waals surface area contributed by atoms with Crippen molar-refractivity contribution in [2.45, 2.75) is 25.5 Å². The molecule has 1 fully saturated rings. The number of halogens is 2. The maximum Gasteiger partial charge on any atom is 0.246 e. The fraction of sp³-hybridized carbons (Fsp3) is 0.318. The lowest BCUT2D eigenvalue weighted by Gasteiger charge is -2.34. The van der Waals surface area contributed by atoms with Crippen LogP contribution in [0.3, 0.4) is 0 Å². The van der Waals surface area contributed by atoms with Gasteiger partial charge in [0.25, 0.3) is 0 Å². The highest BCUT2D eigenvalue weighted by Gasteiger charge is 2.23. The predicted molar refractivity (Wildman–Crippen MR) is 132 cm³/mol. The van der Waals surface area contributed by atoms with Gasteiger partial charge in [0, 0.05) is 43.6 Å². The van der Waals surface area contributed by atoms with Gasteiger partial charge in [-0.3, -0.25) is 4.99 Å². The van der Waals surface area contributed by atoms with Crippen molar-refractivity contribution in [3.8, 4) is 17.1 Å². The van der Waals surface area contributed by atoms with Crippen LogP contribution in [0.1, 0.15) is 18.7 Å². The molecule has 0 unspecified atom stereocenters. The lowest BCUT2D eigenvalue weighted by Crippen LogP contribution is -2.47. The third kappa shape index (κ3) is 6.33. The summed E-state index contributed by atoms with van der Waals surface area (Å²) < 4.78 is 11.4. The predicted octanol–water partition coefficient (Wildman–Crippen LogP) is 4.63. The van der Waals surface area contributed by atoms with Crippen molar-refractivity contribution < 1.29 is 9.26 Å². The normalized spacial score (nSPS) is 14.8. The van der Waals surface area contributed by atoms with Crippen LogP contribution in [0.2, 0.25) is 5.02 Å². The van der Waals surface area contributed by atoms with Gasteiger partial charge in [-0.15, -0.1) is 24.0 Å². The molecule has 0 bridgehead atoms. The van der Waals surface area contributed by atoms with Crippen LogP contribution in [0.5, 0.6) is 5.75 Å². The Hall–Kier alpha value is -2.33. The van der Waals surface area contributed by atoms with Crippen LogP contribution < -0.4 is 10.1 Å². The average Bonchev–Trinajstić information content (AvgIpc) is 3.25. The van der Waals surface area contributed by atoms with E-state index < -0.39 is 0 Å². The number of nitrogens with one attached hydrogen (secondary N) is 1. The van der Waals surface area contributed by atoms with Crippen LogP contribution in [-0.4, -0.2) is 47.2 Å². The Kier molecular flexibility index (Phi) is 8.53. The Balaban J connectivity index is 0.00000272. The number of hydrogen-bond donors (Lipinski definition) is 1. The third-order valence-electron chi connectivity index (χ3n) is 4.97. The minimum atomic E-state index is 0. The molecule has 9 heteroatoms. The van der Waals surface area contributed by atoms with Crippen LogP contribution in [0.4, 0.5) is 0 Å². The molecule has 2 heterocycles. The van der Waals surface area contributed by atoms with Gasteiger partial charge in [0.2, 0.25) is 11.7 Å². The lowest BCUT2D eigenvalue weighted by atomic mass is 10.1. The number of para-hydroxylation sites is 1. The molecule has 0 radical (unpaired) electrons. The molecule has 7 nitrogen and oxygen atoms in total. The van der Waals surface area contributed by atoms with Crippen molar-refractivity contribution >= 4 is 41.5 Å². The fourth-order valence-electron chi connectivity index (χ4n) is 3.41. The van der Waals surface area contributed by atoms with E-state index in [1.165, 1.54) is 0 Å². The second kappa shape index (κ2) is 11.3. The Morgan fingerprint density at radius 1 is 1.16 bits per heavy atom. The SMILES string of the molecule is CN=C(NCc1nc(-c2ccc(Cl)cc2)no1)N1CCC(Oc2ccccc2)CC1.I. The molecule has 1 aromatic heterocycles. The van der Waals surface area contributed by atoms with E-state index in [2.05, 4.69) is 25.3 Å². The molecule has 0 atom stereocenters. The lowest BCUT2D eigenvalue weighted by molar-refractivity contribution is 0.129. The van der Waals surface area contributed by atoms with E-state index in [0.29, 0.717) is 23.3 Å². The minimum absolute atomic E-state index is 0. The van der Waals surface area contributed by atoms with Gasteiger partial charge in [-0.1, -0.05) is 35.0 Å². The van der Waals surface area contributed by atoms with Gasteiger partial charge in [-0.05, 0) is 36.4 Å². The van der Waals surface area contributed by atoms with Crippen LogP contribution in [0.25, 0.3) is 11.4 Å². The molecule has 31 heavy (non-hydrogen) atoms. The smallest absolute Gasteiger partial charge is 0.246 e. The van der Waals surface area contributed by atoms with E-state index in [4.69, 9.17) is 20.9 Å². The van der Waals surface area contributed by atoms with Gasteiger partial charge in [-0.25, -0.2) is 0 Å². The van der Waals surface area contributed by atoms with E-state index in [0.717, 1.165) is 43.2 Å². The summed E-state index contributed by atoms with van der Waals surface area (Å²) in [5.74, 6) is 2.78. The molecular weight excluding hydrogens is 529 g/mol. The first-order chi connectivity index (χ1) is 14.7. The van der Waals surface area contributed by atoms with Gasteiger partial charge in [0.15, 0.2) is 5.96 Å². The Morgan fingerprint density at radius 2 is 1.87 bits per heavy atom. The van der Waals surface area contributed by atoms with Gasteiger partial charge in [0.05, 0.1) is 6.54 Å². The van der Waals surface area contributed by atoms with Crippen LogP contribution >= 0.6 is 35.6 Å². The average molecular weight is 554 g/mol. The third-order valence-corrected chi connectivity index (χ3v) is 5.22. The van der Waals surface area contributed by atoms with Gasteiger partial charge in [0.1, 0.15) is 11.9 Å². The molecule has 0 saturated carbocycles. The maximum absolute atomic E-state index is 6.07. The second-order valence-electron chi connectivity index (χ2n) is 7.04. The number of aromatic nitrogens is 2. The van der Waals surface area contributed by atoms with E-state index in [9.17, 15) is 0 Å². The zero-order chi connectivity index (χ0) is 20.8. The monoisotopic (exact) mass is 553 g/mol. The summed E-state index contributed by atoms with van der Waals surface area (Å²) in [6.07, 6.45) is 2.10. The summed E-state index contributed by atoms with van der Waals surface area (Å²) in [7, 11) is 1.78. The topological polar surface area (TPSA) is 75.8 Å². The molecule has 1 aliphatic rings. The van der Waals surface area contributed by atoms with Gasteiger partial charge in [-0.2, -0.15) is 4.98 Å². The van der Waals surface area contributed by atoms with Crippen molar-refractivity contribution in [3.63, 3.8) is 0 Å². The quantitative estimate of drug-likeness (QED) is 0.282. The summed E-state index contributed by atoms with van der Waals surface area (Å²) in [5.41, 5.74) is 0.860. The molecule has 1 N–H and O–H groups in total. The van der Waals surface area contributed by atoms with Crippen LogP contribution in [0, 0.1) is 0 Å². The number of nitrogens with zero attached hydrogens (tertiary/aromatic N) is 4. The van der Waals surface area contributed by atoms with Crippen molar-refractivity contribution in [3.05, 3.63) is 65.5 Å². The summed E-state index contributed by atoms with van der Waals surface area (Å²) in [6.45, 7) is 2.15. The molecule has 3 aromatic rings. The van der Waals surface area contributed by atoms with Crippen LogP contribution in [-0.2, 0) is 6.54 Å². The van der Waals surface area contributed by atoms with Crippen LogP contribution in [0.15, 0.2) is 64.1 Å². The summed E-state index contributed by atoms with van der Waals surface area (Å²) >= 11 is 5.93. The number of piperidine rings is 1. The number of aliphatic imine (C=N–C) groups is 1. The number of ether oxygens (including phenoxy) is 1. The minimum Gasteiger partial charge on any atom is -0.490 e. The highest BCUT2D eigenvalue weighted by molar-refractivity contribution is 14.0. The molecule has 4 rings (SSSR count).